The minimum atomic E-state index is -0.461. The molecule has 0 amide bonds. The van der Waals surface area contributed by atoms with Crippen LogP contribution in [-0.4, -0.2) is 17.7 Å². The molecule has 9 heteroatoms. The van der Waals surface area contributed by atoms with Crippen LogP contribution in [0.5, 0.6) is 11.5 Å². The summed E-state index contributed by atoms with van der Waals surface area (Å²) < 4.78 is 11.5. The van der Waals surface area contributed by atoms with Crippen molar-refractivity contribution in [2.75, 3.05) is 6.61 Å². The van der Waals surface area contributed by atoms with Gasteiger partial charge in [-0.15, -0.1) is 0 Å². The molecule has 0 heterocycles. The summed E-state index contributed by atoms with van der Waals surface area (Å²) in [6, 6.07) is 18.7. The van der Waals surface area contributed by atoms with Crippen LogP contribution in [0.1, 0.15) is 29.2 Å². The van der Waals surface area contributed by atoms with Gasteiger partial charge in [0.2, 0.25) is 0 Å². The molecule has 3 rings (SSSR count). The third-order valence-corrected chi connectivity index (χ3v) is 4.75. The van der Waals surface area contributed by atoms with E-state index in [2.05, 4.69) is 11.2 Å². The maximum Gasteiger partial charge on any atom is 0.269 e. The van der Waals surface area contributed by atoms with Crippen LogP contribution in [0, 0.1) is 21.4 Å². The van der Waals surface area contributed by atoms with Crippen molar-refractivity contribution in [3.05, 3.63) is 98.1 Å². The Morgan fingerprint density at radius 1 is 1.12 bits per heavy atom. The number of benzene rings is 3. The molecule has 0 bridgehead atoms. The maximum atomic E-state index is 11.0. The van der Waals surface area contributed by atoms with Crippen molar-refractivity contribution in [1.29, 1.82) is 5.26 Å². The van der Waals surface area contributed by atoms with Gasteiger partial charge >= 0.3 is 0 Å². The number of oxime groups is 1. The predicted octanol–water partition coefficient (Wildman–Crippen LogP) is 5.65. The molecule has 0 atom stereocenters. The van der Waals surface area contributed by atoms with E-state index < -0.39 is 4.92 Å². The van der Waals surface area contributed by atoms with E-state index in [1.54, 1.807) is 42.5 Å². The van der Waals surface area contributed by atoms with E-state index in [1.807, 2.05) is 13.0 Å². The average Bonchev–Trinajstić information content (AvgIpc) is 2.82. The third-order valence-electron chi connectivity index (χ3n) is 4.47. The highest BCUT2D eigenvalue weighted by molar-refractivity contribution is 6.32. The monoisotopic (exact) mass is 465 g/mol. The second-order valence-corrected chi connectivity index (χ2v) is 7.16. The lowest BCUT2D eigenvalue weighted by Crippen LogP contribution is -2.02. The molecule has 0 aliphatic heterocycles. The first-order chi connectivity index (χ1) is 16.0. The van der Waals surface area contributed by atoms with Crippen molar-refractivity contribution in [2.45, 2.75) is 20.1 Å². The Hall–Kier alpha value is -4.09. The van der Waals surface area contributed by atoms with Gasteiger partial charge in [0.1, 0.15) is 13.2 Å². The minimum absolute atomic E-state index is 0.0174. The number of halogens is 1. The molecule has 3 aromatic carbocycles. The quantitative estimate of drug-likeness (QED) is 0.217. The van der Waals surface area contributed by atoms with Crippen LogP contribution in [0.15, 0.2) is 65.8 Å². The molecule has 0 saturated heterocycles. The second-order valence-electron chi connectivity index (χ2n) is 6.76. The lowest BCUT2D eigenvalue weighted by Gasteiger charge is -2.14. The summed E-state index contributed by atoms with van der Waals surface area (Å²) in [5.74, 6) is 0.734. The van der Waals surface area contributed by atoms with Crippen LogP contribution in [-0.2, 0) is 18.1 Å². The van der Waals surface area contributed by atoms with Crippen LogP contribution < -0.4 is 9.47 Å². The fraction of sp³-hybridized carbons (Fsp3) is 0.167. The molecule has 0 N–H and O–H groups in total. The maximum absolute atomic E-state index is 11.0. The first-order valence-electron chi connectivity index (χ1n) is 9.97. The minimum Gasteiger partial charge on any atom is -0.490 e. The SMILES string of the molecule is CCOc1cc(/C=N\OCc2ccccc2C#N)cc(Cl)c1OCc1cccc([N+](=O)[O-])c1. The highest BCUT2D eigenvalue weighted by Crippen LogP contribution is 2.37. The Bertz CT molecular complexity index is 1210. The van der Waals surface area contributed by atoms with Gasteiger partial charge in [-0.25, -0.2) is 0 Å². The zero-order valence-electron chi connectivity index (χ0n) is 17.7. The summed E-state index contributed by atoms with van der Waals surface area (Å²) in [4.78, 5) is 15.8. The van der Waals surface area contributed by atoms with Crippen LogP contribution in [0.25, 0.3) is 0 Å². The standard InChI is InChI=1S/C24H20ClN3O5/c1-2-31-23-12-18(14-27-33-16-20-8-4-3-7-19(20)13-26)11-22(25)24(23)32-15-17-6-5-9-21(10-17)28(29)30/h3-12,14H,2,15-16H2,1H3/b27-14-. The number of hydrogen-bond donors (Lipinski definition) is 0. The van der Waals surface area contributed by atoms with E-state index in [9.17, 15) is 10.1 Å². The number of ether oxygens (including phenoxy) is 2. The molecule has 0 aromatic heterocycles. The zero-order chi connectivity index (χ0) is 23.6. The van der Waals surface area contributed by atoms with Gasteiger partial charge in [0, 0.05) is 23.3 Å². The van der Waals surface area contributed by atoms with Gasteiger partial charge < -0.3 is 14.3 Å². The fourth-order valence-corrected chi connectivity index (χ4v) is 3.21. The topological polar surface area (TPSA) is 107 Å². The zero-order valence-corrected chi connectivity index (χ0v) is 18.5. The van der Waals surface area contributed by atoms with Crippen LogP contribution >= 0.6 is 11.6 Å². The first kappa shape index (κ1) is 23.6. The van der Waals surface area contributed by atoms with Crippen molar-refractivity contribution >= 4 is 23.5 Å². The lowest BCUT2D eigenvalue weighted by atomic mass is 10.1. The van der Waals surface area contributed by atoms with Gasteiger partial charge in [0.15, 0.2) is 11.5 Å². The first-order valence-corrected chi connectivity index (χ1v) is 10.4. The molecule has 0 spiro atoms. The van der Waals surface area contributed by atoms with E-state index in [-0.39, 0.29) is 18.9 Å². The summed E-state index contributed by atoms with van der Waals surface area (Å²) in [5.41, 5.74) is 2.49. The molecular formula is C24H20ClN3O5. The number of nitro benzene ring substituents is 1. The largest absolute Gasteiger partial charge is 0.490 e. The lowest BCUT2D eigenvalue weighted by molar-refractivity contribution is -0.384. The molecule has 8 nitrogen and oxygen atoms in total. The number of nitriles is 1. The van der Waals surface area contributed by atoms with Gasteiger partial charge in [-0.1, -0.05) is 47.1 Å². The highest BCUT2D eigenvalue weighted by Gasteiger charge is 2.14. The van der Waals surface area contributed by atoms with Crippen molar-refractivity contribution < 1.29 is 19.2 Å². The van der Waals surface area contributed by atoms with Gasteiger partial charge in [-0.05, 0) is 30.7 Å². The number of rotatable bonds is 10. The molecule has 0 radical (unpaired) electrons. The van der Waals surface area contributed by atoms with Gasteiger partial charge in [-0.3, -0.25) is 10.1 Å². The molecule has 3 aromatic rings. The van der Waals surface area contributed by atoms with Crippen LogP contribution in [0.3, 0.4) is 0 Å². The molecule has 0 unspecified atom stereocenters. The van der Waals surface area contributed by atoms with Crippen LogP contribution in [0.4, 0.5) is 5.69 Å². The Labute approximate surface area is 195 Å². The van der Waals surface area contributed by atoms with Gasteiger partial charge in [-0.2, -0.15) is 5.26 Å². The highest BCUT2D eigenvalue weighted by atomic mass is 35.5. The molecule has 0 aliphatic carbocycles. The summed E-state index contributed by atoms with van der Waals surface area (Å²) in [7, 11) is 0. The van der Waals surface area contributed by atoms with Crippen LogP contribution in [0.2, 0.25) is 5.02 Å². The predicted molar refractivity (Wildman–Crippen MR) is 124 cm³/mol. The number of nitrogens with zero attached hydrogens (tertiary/aromatic N) is 3. The fourth-order valence-electron chi connectivity index (χ4n) is 2.94. The Balaban J connectivity index is 1.71. The molecule has 0 fully saturated rings. The van der Waals surface area contributed by atoms with Crippen molar-refractivity contribution in [1.82, 2.24) is 0 Å². The van der Waals surface area contributed by atoms with E-state index >= 15 is 0 Å². The Morgan fingerprint density at radius 3 is 2.70 bits per heavy atom. The van der Waals surface area contributed by atoms with Crippen molar-refractivity contribution in [2.24, 2.45) is 5.16 Å². The normalized spacial score (nSPS) is 10.6. The number of hydrogen-bond acceptors (Lipinski definition) is 7. The average molecular weight is 466 g/mol. The molecule has 168 valence electrons. The molecule has 0 aliphatic rings. The van der Waals surface area contributed by atoms with E-state index in [4.69, 9.17) is 31.2 Å². The smallest absolute Gasteiger partial charge is 0.269 e. The number of nitro groups is 1. The summed E-state index contributed by atoms with van der Waals surface area (Å²) in [6.07, 6.45) is 1.48. The summed E-state index contributed by atoms with van der Waals surface area (Å²) in [6.45, 7) is 2.44. The summed E-state index contributed by atoms with van der Waals surface area (Å²) in [5, 5.41) is 24.3. The molecular weight excluding hydrogens is 446 g/mol. The van der Waals surface area contributed by atoms with E-state index in [1.165, 1.54) is 18.3 Å². The van der Waals surface area contributed by atoms with E-state index in [0.717, 1.165) is 5.56 Å². The number of non-ortho nitro benzene ring substituents is 1. The van der Waals surface area contributed by atoms with Crippen molar-refractivity contribution in [3.8, 4) is 17.6 Å². The Kier molecular flexibility index (Phi) is 8.22. The van der Waals surface area contributed by atoms with E-state index in [0.29, 0.717) is 39.8 Å². The second kappa shape index (κ2) is 11.5. The van der Waals surface area contributed by atoms with Gasteiger partial charge in [0.25, 0.3) is 5.69 Å². The molecule has 0 saturated carbocycles. The third kappa shape index (κ3) is 6.45. The van der Waals surface area contributed by atoms with Gasteiger partial charge in [0.05, 0.1) is 34.4 Å². The Morgan fingerprint density at radius 2 is 1.94 bits per heavy atom. The van der Waals surface area contributed by atoms with Crippen molar-refractivity contribution in [3.63, 3.8) is 0 Å². The molecule has 33 heavy (non-hydrogen) atoms. The summed E-state index contributed by atoms with van der Waals surface area (Å²) >= 11 is 6.41.